The Morgan fingerprint density at radius 3 is 2.97 bits per heavy atom. The Kier molecular flexibility index (Phi) is 6.15. The fraction of sp³-hybridized carbons (Fsp3) is 0.381. The summed E-state index contributed by atoms with van der Waals surface area (Å²) < 4.78 is 12.5. The Hall–Kier alpha value is -3.04. The molecule has 0 fully saturated rings. The number of benzene rings is 1. The zero-order valence-electron chi connectivity index (χ0n) is 17.4. The maximum Gasteiger partial charge on any atom is 0.273 e. The van der Waals surface area contributed by atoms with Gasteiger partial charge in [-0.25, -0.2) is 4.98 Å². The second kappa shape index (κ2) is 8.99. The predicted molar refractivity (Wildman–Crippen MR) is 115 cm³/mol. The number of carbonyl (C=O) groups is 2. The number of amides is 2. The maximum atomic E-state index is 12.8. The number of halogens is 1. The average molecular weight is 446 g/mol. The first-order valence-corrected chi connectivity index (χ1v) is 10.4. The van der Waals surface area contributed by atoms with Gasteiger partial charge >= 0.3 is 0 Å². The van der Waals surface area contributed by atoms with Gasteiger partial charge in [0.25, 0.3) is 5.91 Å². The molecule has 2 amide bonds. The van der Waals surface area contributed by atoms with Crippen LogP contribution in [0.5, 0.6) is 11.5 Å². The summed E-state index contributed by atoms with van der Waals surface area (Å²) in [4.78, 5) is 33.5. The molecule has 2 aliphatic rings. The van der Waals surface area contributed by atoms with Crippen molar-refractivity contribution in [2.75, 3.05) is 38.8 Å². The van der Waals surface area contributed by atoms with Gasteiger partial charge in [0.1, 0.15) is 16.5 Å². The van der Waals surface area contributed by atoms with E-state index in [4.69, 9.17) is 21.1 Å². The van der Waals surface area contributed by atoms with Crippen molar-refractivity contribution >= 4 is 29.1 Å². The highest BCUT2D eigenvalue weighted by Gasteiger charge is 2.26. The quantitative estimate of drug-likeness (QED) is 0.687. The van der Waals surface area contributed by atoms with E-state index in [1.807, 2.05) is 17.7 Å². The third-order valence-electron chi connectivity index (χ3n) is 5.35. The predicted octanol–water partition coefficient (Wildman–Crippen LogP) is 2.37. The van der Waals surface area contributed by atoms with Crippen LogP contribution in [0.25, 0.3) is 0 Å². The van der Waals surface area contributed by atoms with Crippen molar-refractivity contribution in [3.8, 4) is 11.5 Å². The number of anilines is 1. The van der Waals surface area contributed by atoms with Crippen molar-refractivity contribution < 1.29 is 19.1 Å². The summed E-state index contributed by atoms with van der Waals surface area (Å²) >= 11 is 6.33. The first-order chi connectivity index (χ1) is 15.0. The summed E-state index contributed by atoms with van der Waals surface area (Å²) in [5.74, 6) is 1.24. The SMILES string of the molecule is CCN(C)C/C=C/C(=O)N1CCn2c(C(=O)Nc3ccc4c(c3Cl)OCO4)cnc2C1. The molecule has 0 spiro atoms. The van der Waals surface area contributed by atoms with Gasteiger partial charge in [0.15, 0.2) is 11.5 Å². The van der Waals surface area contributed by atoms with E-state index < -0.39 is 0 Å². The van der Waals surface area contributed by atoms with Gasteiger partial charge in [-0.15, -0.1) is 0 Å². The molecule has 2 aromatic rings. The van der Waals surface area contributed by atoms with Crippen molar-refractivity contribution in [2.45, 2.75) is 20.0 Å². The standard InChI is InChI=1S/C21H24ClN5O4/c1-3-25(2)8-4-5-18(28)26-9-10-27-15(11-23-17(27)12-26)21(29)24-14-6-7-16-20(19(14)22)31-13-30-16/h4-7,11H,3,8-10,12-13H2,1-2H3,(H,24,29)/b5-4+. The Morgan fingerprint density at radius 1 is 1.32 bits per heavy atom. The Bertz CT molecular complexity index is 1040. The van der Waals surface area contributed by atoms with Crippen molar-refractivity contribution in [1.29, 1.82) is 0 Å². The number of nitrogens with one attached hydrogen (secondary N) is 1. The second-order valence-electron chi connectivity index (χ2n) is 7.34. The highest BCUT2D eigenvalue weighted by Crippen LogP contribution is 2.43. The molecule has 0 saturated carbocycles. The van der Waals surface area contributed by atoms with E-state index in [0.717, 1.165) is 13.1 Å². The van der Waals surface area contributed by atoms with E-state index in [9.17, 15) is 9.59 Å². The molecule has 0 bridgehead atoms. The van der Waals surface area contributed by atoms with E-state index in [1.54, 1.807) is 23.1 Å². The van der Waals surface area contributed by atoms with Crippen LogP contribution < -0.4 is 14.8 Å². The van der Waals surface area contributed by atoms with E-state index in [2.05, 4.69) is 22.1 Å². The number of hydrogen-bond donors (Lipinski definition) is 1. The van der Waals surface area contributed by atoms with Crippen molar-refractivity contribution in [3.05, 3.63) is 47.0 Å². The molecule has 0 saturated heterocycles. The molecular formula is C21H24ClN5O4. The first-order valence-electron chi connectivity index (χ1n) is 10.1. The number of aromatic nitrogens is 2. The van der Waals surface area contributed by atoms with Gasteiger partial charge in [0, 0.05) is 25.7 Å². The Balaban J connectivity index is 1.42. The first kappa shape index (κ1) is 21.2. The highest BCUT2D eigenvalue weighted by atomic mass is 35.5. The normalized spacial score (nSPS) is 14.9. The zero-order valence-corrected chi connectivity index (χ0v) is 18.2. The average Bonchev–Trinajstić information content (AvgIpc) is 3.42. The summed E-state index contributed by atoms with van der Waals surface area (Å²) in [5.41, 5.74) is 0.845. The number of hydrogen-bond acceptors (Lipinski definition) is 6. The monoisotopic (exact) mass is 445 g/mol. The molecule has 4 rings (SSSR count). The number of imidazole rings is 1. The zero-order chi connectivity index (χ0) is 22.0. The minimum atomic E-state index is -0.332. The fourth-order valence-electron chi connectivity index (χ4n) is 3.42. The van der Waals surface area contributed by atoms with Crippen LogP contribution in [0.15, 0.2) is 30.5 Å². The van der Waals surface area contributed by atoms with Gasteiger partial charge in [0.2, 0.25) is 12.7 Å². The fourth-order valence-corrected chi connectivity index (χ4v) is 3.68. The van der Waals surface area contributed by atoms with Gasteiger partial charge < -0.3 is 29.2 Å². The number of nitrogens with zero attached hydrogens (tertiary/aromatic N) is 4. The molecule has 3 heterocycles. The van der Waals surface area contributed by atoms with Crippen LogP contribution in [0.4, 0.5) is 5.69 Å². The molecule has 0 aliphatic carbocycles. The molecule has 0 radical (unpaired) electrons. The van der Waals surface area contributed by atoms with Crippen LogP contribution in [-0.2, 0) is 17.9 Å². The maximum absolute atomic E-state index is 12.8. The molecule has 9 nitrogen and oxygen atoms in total. The summed E-state index contributed by atoms with van der Waals surface area (Å²) in [6.45, 7) is 5.14. The van der Waals surface area contributed by atoms with Crippen LogP contribution >= 0.6 is 11.6 Å². The van der Waals surface area contributed by atoms with Crippen LogP contribution in [0.3, 0.4) is 0 Å². The van der Waals surface area contributed by atoms with Gasteiger partial charge in [-0.2, -0.15) is 0 Å². The smallest absolute Gasteiger partial charge is 0.273 e. The molecule has 164 valence electrons. The lowest BCUT2D eigenvalue weighted by Gasteiger charge is -2.27. The third-order valence-corrected chi connectivity index (χ3v) is 5.73. The lowest BCUT2D eigenvalue weighted by Crippen LogP contribution is -2.38. The molecule has 1 N–H and O–H groups in total. The van der Waals surface area contributed by atoms with E-state index >= 15 is 0 Å². The molecule has 1 aromatic carbocycles. The van der Waals surface area contributed by atoms with Gasteiger partial charge in [-0.3, -0.25) is 9.59 Å². The minimum absolute atomic E-state index is 0.0584. The lowest BCUT2D eigenvalue weighted by atomic mass is 10.2. The van der Waals surface area contributed by atoms with Crippen LogP contribution in [0, 0.1) is 0 Å². The lowest BCUT2D eigenvalue weighted by molar-refractivity contribution is -0.127. The van der Waals surface area contributed by atoms with Crippen molar-refractivity contribution in [1.82, 2.24) is 19.4 Å². The van der Waals surface area contributed by atoms with E-state index in [-0.39, 0.29) is 18.6 Å². The molecule has 0 atom stereocenters. The largest absolute Gasteiger partial charge is 0.454 e. The topological polar surface area (TPSA) is 88.9 Å². The van der Waals surface area contributed by atoms with Gasteiger partial charge in [-0.1, -0.05) is 24.6 Å². The molecule has 10 heteroatoms. The van der Waals surface area contributed by atoms with Gasteiger partial charge in [0.05, 0.1) is 18.4 Å². The van der Waals surface area contributed by atoms with E-state index in [0.29, 0.717) is 53.4 Å². The number of carbonyl (C=O) groups excluding carboxylic acids is 2. The van der Waals surface area contributed by atoms with Crippen LogP contribution in [0.1, 0.15) is 23.2 Å². The highest BCUT2D eigenvalue weighted by molar-refractivity contribution is 6.35. The molecular weight excluding hydrogens is 422 g/mol. The number of rotatable bonds is 6. The Morgan fingerprint density at radius 2 is 2.16 bits per heavy atom. The molecule has 0 unspecified atom stereocenters. The van der Waals surface area contributed by atoms with E-state index in [1.165, 1.54) is 6.20 Å². The third kappa shape index (κ3) is 4.38. The van der Waals surface area contributed by atoms with Crippen molar-refractivity contribution in [2.24, 2.45) is 0 Å². The second-order valence-corrected chi connectivity index (χ2v) is 7.72. The summed E-state index contributed by atoms with van der Waals surface area (Å²) in [7, 11) is 2.00. The number of ether oxygens (including phenoxy) is 2. The molecule has 1 aromatic heterocycles. The van der Waals surface area contributed by atoms with Crippen LogP contribution in [0.2, 0.25) is 5.02 Å². The minimum Gasteiger partial charge on any atom is -0.454 e. The summed E-state index contributed by atoms with van der Waals surface area (Å²) in [5, 5.41) is 3.10. The Labute approximate surface area is 185 Å². The summed E-state index contributed by atoms with van der Waals surface area (Å²) in [6.07, 6.45) is 4.98. The molecule has 2 aliphatic heterocycles. The summed E-state index contributed by atoms with van der Waals surface area (Å²) in [6, 6.07) is 3.37. The number of fused-ring (bicyclic) bond motifs is 2. The molecule has 31 heavy (non-hydrogen) atoms. The van der Waals surface area contributed by atoms with Crippen LogP contribution in [-0.4, -0.2) is 64.6 Å². The van der Waals surface area contributed by atoms with Gasteiger partial charge in [-0.05, 0) is 25.7 Å². The van der Waals surface area contributed by atoms with Crippen molar-refractivity contribution in [3.63, 3.8) is 0 Å². The number of likely N-dealkylation sites (N-methyl/N-ethyl adjacent to an activating group) is 1.